The van der Waals surface area contributed by atoms with Crippen LogP contribution in [0.1, 0.15) is 39.4 Å². The molecule has 0 aliphatic carbocycles. The molecule has 0 bridgehead atoms. The van der Waals surface area contributed by atoms with Crippen LogP contribution in [0, 0.1) is 0 Å². The maximum absolute atomic E-state index is 12.8. The van der Waals surface area contributed by atoms with E-state index >= 15 is 0 Å². The summed E-state index contributed by atoms with van der Waals surface area (Å²) >= 11 is 0. The number of anilines is 1. The van der Waals surface area contributed by atoms with Crippen molar-refractivity contribution in [2.45, 2.75) is 13.0 Å². The SMILES string of the molecule is C[C@@H](NC(=O)c1ccccc1NC(=O)c1ccco1)c1ccc2c(c1)OCO2. The van der Waals surface area contributed by atoms with Crippen LogP contribution in [0.2, 0.25) is 0 Å². The Bertz CT molecular complexity index is 1010. The molecule has 0 unspecified atom stereocenters. The van der Waals surface area contributed by atoms with Gasteiger partial charge in [0.1, 0.15) is 0 Å². The minimum absolute atomic E-state index is 0.170. The lowest BCUT2D eigenvalue weighted by Crippen LogP contribution is -2.28. The first kappa shape index (κ1) is 17.7. The smallest absolute Gasteiger partial charge is 0.291 e. The third kappa shape index (κ3) is 3.55. The second-order valence-electron chi connectivity index (χ2n) is 6.28. The molecule has 2 amide bonds. The van der Waals surface area contributed by atoms with Gasteiger partial charge in [-0.1, -0.05) is 18.2 Å². The third-order valence-corrected chi connectivity index (χ3v) is 4.41. The molecule has 0 radical (unpaired) electrons. The van der Waals surface area contributed by atoms with Crippen molar-refractivity contribution >= 4 is 17.5 Å². The average Bonchev–Trinajstić information content (AvgIpc) is 3.39. The Balaban J connectivity index is 1.49. The van der Waals surface area contributed by atoms with E-state index in [0.29, 0.717) is 22.7 Å². The van der Waals surface area contributed by atoms with E-state index in [-0.39, 0.29) is 24.5 Å². The van der Waals surface area contributed by atoms with Gasteiger partial charge in [0.2, 0.25) is 6.79 Å². The van der Waals surface area contributed by atoms with Gasteiger partial charge in [-0.2, -0.15) is 0 Å². The summed E-state index contributed by atoms with van der Waals surface area (Å²) in [6.45, 7) is 2.07. The Kier molecular flexibility index (Phi) is 4.72. The summed E-state index contributed by atoms with van der Waals surface area (Å²) in [7, 11) is 0. The molecule has 2 aromatic carbocycles. The van der Waals surface area contributed by atoms with Crippen molar-refractivity contribution in [1.82, 2.24) is 5.32 Å². The summed E-state index contributed by atoms with van der Waals surface area (Å²) in [6.07, 6.45) is 1.42. The number of amides is 2. The summed E-state index contributed by atoms with van der Waals surface area (Å²) in [5.74, 6) is 0.788. The molecule has 3 aromatic rings. The van der Waals surface area contributed by atoms with Gasteiger partial charge in [-0.05, 0) is 48.9 Å². The van der Waals surface area contributed by atoms with Gasteiger partial charge in [0.25, 0.3) is 11.8 Å². The topological polar surface area (TPSA) is 89.8 Å². The molecule has 0 saturated heterocycles. The number of para-hydroxylation sites is 1. The van der Waals surface area contributed by atoms with Crippen molar-refractivity contribution in [3.63, 3.8) is 0 Å². The summed E-state index contributed by atoms with van der Waals surface area (Å²) in [6, 6.07) is 15.3. The molecular weight excluding hydrogens is 360 g/mol. The predicted octanol–water partition coefficient (Wildman–Crippen LogP) is 3.75. The number of carbonyl (C=O) groups excluding carboxylic acids is 2. The Morgan fingerprint density at radius 3 is 2.61 bits per heavy atom. The minimum atomic E-state index is -0.422. The maximum Gasteiger partial charge on any atom is 0.291 e. The van der Waals surface area contributed by atoms with Crippen LogP contribution in [-0.2, 0) is 0 Å². The van der Waals surface area contributed by atoms with E-state index in [9.17, 15) is 9.59 Å². The standard InChI is InChI=1S/C21H18N2O5/c1-13(14-8-9-17-19(11-14)28-12-27-17)22-20(24)15-5-2-3-6-16(15)23-21(25)18-7-4-10-26-18/h2-11,13H,12H2,1H3,(H,22,24)(H,23,25)/t13-/m1/s1. The van der Waals surface area contributed by atoms with Crippen LogP contribution >= 0.6 is 0 Å². The van der Waals surface area contributed by atoms with Crippen LogP contribution in [0.3, 0.4) is 0 Å². The Morgan fingerprint density at radius 2 is 1.79 bits per heavy atom. The molecule has 0 saturated carbocycles. The lowest BCUT2D eigenvalue weighted by Gasteiger charge is -2.16. The number of benzene rings is 2. The highest BCUT2D eigenvalue weighted by molar-refractivity contribution is 6.07. The molecule has 0 fully saturated rings. The fourth-order valence-corrected chi connectivity index (χ4v) is 2.92. The number of hydrogen-bond donors (Lipinski definition) is 2. The highest BCUT2D eigenvalue weighted by Gasteiger charge is 2.19. The van der Waals surface area contributed by atoms with E-state index in [0.717, 1.165) is 5.56 Å². The quantitative estimate of drug-likeness (QED) is 0.706. The summed E-state index contributed by atoms with van der Waals surface area (Å²) < 4.78 is 15.8. The number of rotatable bonds is 5. The molecular formula is C21H18N2O5. The molecule has 2 heterocycles. The van der Waals surface area contributed by atoms with E-state index in [1.54, 1.807) is 36.4 Å². The van der Waals surface area contributed by atoms with Gasteiger partial charge in [-0.15, -0.1) is 0 Å². The molecule has 1 aromatic heterocycles. The van der Waals surface area contributed by atoms with Crippen molar-refractivity contribution in [1.29, 1.82) is 0 Å². The molecule has 28 heavy (non-hydrogen) atoms. The van der Waals surface area contributed by atoms with Gasteiger partial charge >= 0.3 is 0 Å². The first-order chi connectivity index (χ1) is 13.6. The molecule has 1 aliphatic heterocycles. The van der Waals surface area contributed by atoms with Crippen molar-refractivity contribution in [3.05, 3.63) is 77.7 Å². The molecule has 4 rings (SSSR count). The number of carbonyl (C=O) groups is 2. The average molecular weight is 378 g/mol. The first-order valence-corrected chi connectivity index (χ1v) is 8.76. The molecule has 2 N–H and O–H groups in total. The summed E-state index contributed by atoms with van der Waals surface area (Å²) in [4.78, 5) is 25.0. The maximum atomic E-state index is 12.8. The van der Waals surface area contributed by atoms with E-state index in [2.05, 4.69) is 10.6 Å². The number of furan rings is 1. The van der Waals surface area contributed by atoms with Crippen molar-refractivity contribution in [2.75, 3.05) is 12.1 Å². The number of hydrogen-bond acceptors (Lipinski definition) is 5. The van der Waals surface area contributed by atoms with Crippen molar-refractivity contribution < 1.29 is 23.5 Å². The predicted molar refractivity (Wildman–Crippen MR) is 102 cm³/mol. The van der Waals surface area contributed by atoms with Gasteiger partial charge in [0.05, 0.1) is 23.6 Å². The summed E-state index contributed by atoms with van der Waals surface area (Å²) in [5, 5.41) is 5.65. The van der Waals surface area contributed by atoms with Gasteiger partial charge in [0.15, 0.2) is 17.3 Å². The molecule has 7 nitrogen and oxygen atoms in total. The molecule has 7 heteroatoms. The lowest BCUT2D eigenvalue weighted by molar-refractivity contribution is 0.0940. The molecule has 142 valence electrons. The van der Waals surface area contributed by atoms with Crippen LogP contribution < -0.4 is 20.1 Å². The van der Waals surface area contributed by atoms with E-state index in [1.165, 1.54) is 6.26 Å². The normalized spacial score (nSPS) is 13.0. The lowest BCUT2D eigenvalue weighted by atomic mass is 10.1. The first-order valence-electron chi connectivity index (χ1n) is 8.76. The van der Waals surface area contributed by atoms with Crippen LogP contribution in [0.15, 0.2) is 65.3 Å². The number of ether oxygens (including phenoxy) is 2. The van der Waals surface area contributed by atoms with E-state index in [4.69, 9.17) is 13.9 Å². The van der Waals surface area contributed by atoms with E-state index in [1.807, 2.05) is 25.1 Å². The van der Waals surface area contributed by atoms with Crippen molar-refractivity contribution in [3.8, 4) is 11.5 Å². The van der Waals surface area contributed by atoms with Crippen LogP contribution in [0.4, 0.5) is 5.69 Å². The van der Waals surface area contributed by atoms with Gasteiger partial charge in [-0.25, -0.2) is 0 Å². The Morgan fingerprint density at radius 1 is 0.964 bits per heavy atom. The van der Waals surface area contributed by atoms with Crippen LogP contribution in [0.25, 0.3) is 0 Å². The zero-order valence-electron chi connectivity index (χ0n) is 15.1. The second-order valence-corrected chi connectivity index (χ2v) is 6.28. The summed E-state index contributed by atoms with van der Waals surface area (Å²) in [5.41, 5.74) is 1.64. The van der Waals surface area contributed by atoms with Crippen molar-refractivity contribution in [2.24, 2.45) is 0 Å². The van der Waals surface area contributed by atoms with Crippen LogP contribution in [0.5, 0.6) is 11.5 Å². The Labute approximate surface area is 161 Å². The third-order valence-electron chi connectivity index (χ3n) is 4.41. The van der Waals surface area contributed by atoms with Crippen LogP contribution in [-0.4, -0.2) is 18.6 Å². The molecule has 1 aliphatic rings. The molecule has 0 spiro atoms. The van der Waals surface area contributed by atoms with Gasteiger partial charge in [-0.3, -0.25) is 9.59 Å². The van der Waals surface area contributed by atoms with E-state index < -0.39 is 5.91 Å². The van der Waals surface area contributed by atoms with Gasteiger partial charge in [0, 0.05) is 0 Å². The zero-order valence-corrected chi connectivity index (χ0v) is 15.1. The largest absolute Gasteiger partial charge is 0.459 e. The molecule has 1 atom stereocenters. The monoisotopic (exact) mass is 378 g/mol. The highest BCUT2D eigenvalue weighted by Crippen LogP contribution is 2.34. The Hall–Kier alpha value is -3.74. The number of nitrogens with one attached hydrogen (secondary N) is 2. The fourth-order valence-electron chi connectivity index (χ4n) is 2.92. The highest BCUT2D eigenvalue weighted by atomic mass is 16.7. The minimum Gasteiger partial charge on any atom is -0.459 e. The zero-order chi connectivity index (χ0) is 19.5. The second kappa shape index (κ2) is 7.48. The number of fused-ring (bicyclic) bond motifs is 1. The van der Waals surface area contributed by atoms with Gasteiger partial charge < -0.3 is 24.5 Å². The fraction of sp³-hybridized carbons (Fsp3) is 0.143.